The fourth-order valence-corrected chi connectivity index (χ4v) is 14.5. The third-order valence-electron chi connectivity index (χ3n) is 17.6. The quantitative estimate of drug-likeness (QED) is 0.172. The molecular formula is C68H55NO2. The van der Waals surface area contributed by atoms with Crippen LogP contribution < -0.4 is 14.4 Å². The molecule has 2 aliphatic heterocycles. The molecule has 2 heterocycles. The summed E-state index contributed by atoms with van der Waals surface area (Å²) >= 11 is 0. The highest BCUT2D eigenvalue weighted by Crippen LogP contribution is 2.65. The maximum atomic E-state index is 7.14. The Morgan fingerprint density at radius 2 is 0.690 bits per heavy atom. The van der Waals surface area contributed by atoms with Gasteiger partial charge in [-0.3, -0.25) is 0 Å². The van der Waals surface area contributed by atoms with Gasteiger partial charge >= 0.3 is 0 Å². The van der Waals surface area contributed by atoms with Gasteiger partial charge in [0.1, 0.15) is 23.0 Å². The summed E-state index contributed by atoms with van der Waals surface area (Å²) in [5.41, 5.74) is 20.4. The fourth-order valence-electron chi connectivity index (χ4n) is 14.5. The maximum Gasteiger partial charge on any atom is 0.132 e. The number of rotatable bonds is 5. The summed E-state index contributed by atoms with van der Waals surface area (Å²) in [4.78, 5) is 2.48. The van der Waals surface area contributed by atoms with Crippen molar-refractivity contribution in [2.24, 2.45) is 0 Å². The van der Waals surface area contributed by atoms with E-state index in [9.17, 15) is 0 Å². The van der Waals surface area contributed by atoms with Crippen molar-refractivity contribution < 1.29 is 9.47 Å². The van der Waals surface area contributed by atoms with Gasteiger partial charge in [-0.25, -0.2) is 0 Å². The molecule has 344 valence electrons. The van der Waals surface area contributed by atoms with Gasteiger partial charge in [0.15, 0.2) is 0 Å². The van der Waals surface area contributed by atoms with Crippen molar-refractivity contribution >= 4 is 17.1 Å². The van der Waals surface area contributed by atoms with Gasteiger partial charge in [0.2, 0.25) is 0 Å². The highest BCUT2D eigenvalue weighted by molar-refractivity contribution is 5.93. The number of fused-ring (bicyclic) bond motifs is 18. The van der Waals surface area contributed by atoms with E-state index in [1.807, 2.05) is 0 Å². The second-order valence-electron chi connectivity index (χ2n) is 21.1. The smallest absolute Gasteiger partial charge is 0.132 e. The number of hydrogen-bond acceptors (Lipinski definition) is 3. The van der Waals surface area contributed by atoms with Gasteiger partial charge in [-0.1, -0.05) is 178 Å². The highest BCUT2D eigenvalue weighted by atomic mass is 16.5. The molecule has 15 rings (SSSR count). The zero-order valence-corrected chi connectivity index (χ0v) is 40.0. The van der Waals surface area contributed by atoms with Crippen molar-refractivity contribution in [1.82, 2.24) is 0 Å². The molecule has 9 aromatic carbocycles. The van der Waals surface area contributed by atoms with Crippen LogP contribution in [-0.2, 0) is 10.8 Å². The summed E-state index contributed by atoms with van der Waals surface area (Å²) in [6, 6.07) is 75.7. The second kappa shape index (κ2) is 16.0. The van der Waals surface area contributed by atoms with Gasteiger partial charge in [-0.15, -0.1) is 0 Å². The van der Waals surface area contributed by atoms with Gasteiger partial charge < -0.3 is 14.4 Å². The first-order valence-corrected chi connectivity index (χ1v) is 26.4. The number of hydrogen-bond donors (Lipinski definition) is 0. The van der Waals surface area contributed by atoms with Gasteiger partial charge in [-0.05, 0) is 154 Å². The first kappa shape index (κ1) is 41.2. The molecule has 71 heavy (non-hydrogen) atoms. The summed E-state index contributed by atoms with van der Waals surface area (Å²) < 4.78 is 13.9. The van der Waals surface area contributed by atoms with Crippen LogP contribution in [0.25, 0.3) is 22.3 Å². The van der Waals surface area contributed by atoms with Crippen LogP contribution in [-0.4, -0.2) is 0 Å². The normalized spacial score (nSPS) is 17.4. The lowest BCUT2D eigenvalue weighted by atomic mass is 9.65. The molecular weight excluding hydrogens is 863 g/mol. The Labute approximate surface area is 417 Å². The van der Waals surface area contributed by atoms with E-state index in [2.05, 4.69) is 205 Å². The molecule has 2 spiro atoms. The minimum absolute atomic E-state index is 0.575. The molecule has 3 heteroatoms. The van der Waals surface area contributed by atoms with Crippen LogP contribution >= 0.6 is 0 Å². The van der Waals surface area contributed by atoms with Crippen molar-refractivity contribution in [3.8, 4) is 45.3 Å². The van der Waals surface area contributed by atoms with Crippen LogP contribution in [0.15, 0.2) is 200 Å². The lowest BCUT2D eigenvalue weighted by Gasteiger charge is -2.41. The minimum atomic E-state index is -0.596. The molecule has 4 aliphatic carbocycles. The first-order valence-electron chi connectivity index (χ1n) is 26.4. The molecule has 0 aromatic heterocycles. The van der Waals surface area contributed by atoms with E-state index in [1.165, 1.54) is 142 Å². The Morgan fingerprint density at radius 1 is 0.296 bits per heavy atom. The standard InChI is InChI=1S/C68H55NO2/c1-4-18-44(19-5-1)46-32-36-52-53-37-33-47(45-20-6-2-7-21-45)41-60(53)68(59(52)40-46)58-28-14-17-31-65(58)71-66-39-35-50(43-62(66)68)69(48-22-8-3-9-23-48)49-34-38-54-51-24-10-11-25-55(51)67(61(54)42-49)56-26-12-15-29-63(56)70-64-30-16-13-27-57(64)67/h3,8-17,22-45H,1-2,4-7,18-21H2. The van der Waals surface area contributed by atoms with Crippen molar-refractivity contribution in [1.29, 1.82) is 0 Å². The van der Waals surface area contributed by atoms with Crippen molar-refractivity contribution in [3.63, 3.8) is 0 Å². The molecule has 6 aliphatic rings. The third-order valence-corrected chi connectivity index (χ3v) is 17.6. The van der Waals surface area contributed by atoms with E-state index in [4.69, 9.17) is 9.47 Å². The van der Waals surface area contributed by atoms with Gasteiger partial charge in [0.05, 0.1) is 10.8 Å². The van der Waals surface area contributed by atoms with Crippen molar-refractivity contribution in [2.75, 3.05) is 4.90 Å². The van der Waals surface area contributed by atoms with E-state index >= 15 is 0 Å². The molecule has 2 fully saturated rings. The minimum Gasteiger partial charge on any atom is -0.457 e. The lowest BCUT2D eigenvalue weighted by Crippen LogP contribution is -2.33. The van der Waals surface area contributed by atoms with Crippen LogP contribution in [0.4, 0.5) is 17.1 Å². The zero-order valence-electron chi connectivity index (χ0n) is 40.0. The van der Waals surface area contributed by atoms with Gasteiger partial charge in [0.25, 0.3) is 0 Å². The molecule has 0 amide bonds. The average Bonchev–Trinajstić information content (AvgIpc) is 3.89. The first-order chi connectivity index (χ1) is 35.2. The largest absolute Gasteiger partial charge is 0.457 e. The molecule has 0 atom stereocenters. The summed E-state index contributed by atoms with van der Waals surface area (Å²) in [5.74, 6) is 4.81. The van der Waals surface area contributed by atoms with Crippen LogP contribution in [0.3, 0.4) is 0 Å². The Bertz CT molecular complexity index is 3480. The summed E-state index contributed by atoms with van der Waals surface area (Å²) in [5, 5.41) is 0. The predicted octanol–water partition coefficient (Wildman–Crippen LogP) is 18.2. The van der Waals surface area contributed by atoms with Gasteiger partial charge in [-0.2, -0.15) is 0 Å². The number of anilines is 3. The van der Waals surface area contributed by atoms with Crippen LogP contribution in [0.1, 0.15) is 132 Å². The molecule has 2 saturated carbocycles. The molecule has 3 nitrogen and oxygen atoms in total. The van der Waals surface area contributed by atoms with E-state index in [-0.39, 0.29) is 0 Å². The Balaban J connectivity index is 0.982. The van der Waals surface area contributed by atoms with E-state index in [1.54, 1.807) is 0 Å². The predicted molar refractivity (Wildman–Crippen MR) is 288 cm³/mol. The van der Waals surface area contributed by atoms with E-state index < -0.39 is 10.8 Å². The Morgan fingerprint density at radius 3 is 1.24 bits per heavy atom. The summed E-state index contributed by atoms with van der Waals surface area (Å²) in [6.07, 6.45) is 12.9. The number of nitrogens with zero attached hydrogens (tertiary/aromatic N) is 1. The number of benzene rings is 9. The van der Waals surface area contributed by atoms with Crippen molar-refractivity contribution in [3.05, 3.63) is 256 Å². The molecule has 0 bridgehead atoms. The topological polar surface area (TPSA) is 21.7 Å². The molecule has 0 unspecified atom stereocenters. The second-order valence-corrected chi connectivity index (χ2v) is 21.1. The number of ether oxygens (including phenoxy) is 2. The highest BCUT2D eigenvalue weighted by Gasteiger charge is 2.53. The fraction of sp³-hybridized carbons (Fsp3) is 0.206. The summed E-state index contributed by atoms with van der Waals surface area (Å²) in [6.45, 7) is 0. The molecule has 0 saturated heterocycles. The average molecular weight is 918 g/mol. The van der Waals surface area contributed by atoms with Crippen LogP contribution in [0.5, 0.6) is 23.0 Å². The zero-order chi connectivity index (χ0) is 46.7. The molecule has 0 N–H and O–H groups in total. The van der Waals surface area contributed by atoms with Gasteiger partial charge in [0, 0.05) is 39.3 Å². The molecule has 9 aromatic rings. The number of para-hydroxylation sites is 4. The third kappa shape index (κ3) is 5.90. The monoisotopic (exact) mass is 917 g/mol. The van der Waals surface area contributed by atoms with Crippen molar-refractivity contribution in [2.45, 2.75) is 86.9 Å². The Kier molecular flexibility index (Phi) is 9.25. The van der Waals surface area contributed by atoms with E-state index in [0.29, 0.717) is 11.8 Å². The Hall–Kier alpha value is -7.62. The van der Waals surface area contributed by atoms with Crippen LogP contribution in [0, 0.1) is 0 Å². The molecule has 0 radical (unpaired) electrons. The van der Waals surface area contributed by atoms with Crippen LogP contribution in [0.2, 0.25) is 0 Å². The SMILES string of the molecule is c1ccc(N(c2ccc3c(c2)C2(c4ccccc4O3)c3cc(C4CCCCC4)ccc3-c3ccc(C4CCCCC4)cc32)c2ccc3c(c2)C2(c4ccccc4Oc4ccccc42)c2ccccc2-3)cc1. The summed E-state index contributed by atoms with van der Waals surface area (Å²) in [7, 11) is 0. The maximum absolute atomic E-state index is 7.14. The lowest BCUT2D eigenvalue weighted by molar-refractivity contribution is 0.433. The van der Waals surface area contributed by atoms with E-state index in [0.717, 1.165) is 40.1 Å².